The lowest BCUT2D eigenvalue weighted by Crippen LogP contribution is -1.62. The van der Waals surface area contributed by atoms with Crippen LogP contribution in [0.15, 0.2) is 33.4 Å². The highest BCUT2D eigenvalue weighted by molar-refractivity contribution is 9.10. The molecule has 1 heterocycles. The summed E-state index contributed by atoms with van der Waals surface area (Å²) >= 11 is 9.01. The van der Waals surface area contributed by atoms with Crippen molar-refractivity contribution in [1.29, 1.82) is 0 Å². The SMILES string of the molecule is Clc1ccc2oc(Br)cc2c1. The highest BCUT2D eigenvalue weighted by Crippen LogP contribution is 2.25. The zero-order chi connectivity index (χ0) is 7.84. The number of hydrogen-bond donors (Lipinski definition) is 0. The first-order valence-corrected chi connectivity index (χ1v) is 4.27. The molecule has 0 saturated carbocycles. The third-order valence-electron chi connectivity index (χ3n) is 1.45. The highest BCUT2D eigenvalue weighted by atomic mass is 79.9. The summed E-state index contributed by atoms with van der Waals surface area (Å²) in [5.74, 6) is 0. The number of fused-ring (bicyclic) bond motifs is 1. The summed E-state index contributed by atoms with van der Waals surface area (Å²) in [6.07, 6.45) is 0. The Labute approximate surface area is 77.1 Å². The van der Waals surface area contributed by atoms with Crippen molar-refractivity contribution in [2.75, 3.05) is 0 Å². The van der Waals surface area contributed by atoms with Gasteiger partial charge in [-0.05, 0) is 40.2 Å². The highest BCUT2D eigenvalue weighted by Gasteiger charge is 1.99. The summed E-state index contributed by atoms with van der Waals surface area (Å²) in [5.41, 5.74) is 0.848. The molecule has 1 nitrogen and oxygen atoms in total. The summed E-state index contributed by atoms with van der Waals surface area (Å²) in [5, 5.41) is 1.75. The van der Waals surface area contributed by atoms with Gasteiger partial charge in [0.2, 0.25) is 0 Å². The Morgan fingerprint density at radius 2 is 2.09 bits per heavy atom. The van der Waals surface area contributed by atoms with Crippen LogP contribution in [-0.4, -0.2) is 0 Å². The molecule has 1 aromatic heterocycles. The van der Waals surface area contributed by atoms with Gasteiger partial charge in [-0.2, -0.15) is 0 Å². The van der Waals surface area contributed by atoms with Crippen molar-refractivity contribution in [3.05, 3.63) is 34.0 Å². The van der Waals surface area contributed by atoms with Gasteiger partial charge in [-0.25, -0.2) is 0 Å². The van der Waals surface area contributed by atoms with E-state index in [4.69, 9.17) is 16.0 Å². The minimum atomic E-state index is 0.728. The summed E-state index contributed by atoms with van der Waals surface area (Å²) in [6, 6.07) is 7.41. The van der Waals surface area contributed by atoms with Gasteiger partial charge >= 0.3 is 0 Å². The van der Waals surface area contributed by atoms with Gasteiger partial charge in [-0.3, -0.25) is 0 Å². The van der Waals surface area contributed by atoms with E-state index in [9.17, 15) is 0 Å². The van der Waals surface area contributed by atoms with Crippen LogP contribution >= 0.6 is 27.5 Å². The lowest BCUT2D eigenvalue weighted by atomic mass is 10.3. The molecule has 0 bridgehead atoms. The average Bonchev–Trinajstić information content (AvgIpc) is 2.27. The second-order valence-corrected chi connectivity index (χ2v) is 3.45. The lowest BCUT2D eigenvalue weighted by molar-refractivity contribution is 0.587. The molecule has 3 heteroatoms. The Morgan fingerprint density at radius 1 is 1.27 bits per heavy atom. The van der Waals surface area contributed by atoms with Gasteiger partial charge in [0.05, 0.1) is 0 Å². The van der Waals surface area contributed by atoms with Gasteiger partial charge in [-0.15, -0.1) is 0 Å². The maximum Gasteiger partial charge on any atom is 0.170 e. The van der Waals surface area contributed by atoms with E-state index in [0.29, 0.717) is 0 Å². The molecule has 0 aliphatic carbocycles. The van der Waals surface area contributed by atoms with E-state index in [1.54, 1.807) is 6.07 Å². The van der Waals surface area contributed by atoms with Crippen molar-refractivity contribution in [2.24, 2.45) is 0 Å². The van der Waals surface area contributed by atoms with Crippen LogP contribution < -0.4 is 0 Å². The van der Waals surface area contributed by atoms with Gasteiger partial charge in [0.25, 0.3) is 0 Å². The molecule has 0 radical (unpaired) electrons. The number of benzene rings is 1. The number of hydrogen-bond acceptors (Lipinski definition) is 1. The van der Waals surface area contributed by atoms with E-state index in [2.05, 4.69) is 15.9 Å². The summed E-state index contributed by atoms with van der Waals surface area (Å²) < 4.78 is 6.01. The van der Waals surface area contributed by atoms with Gasteiger partial charge in [0.15, 0.2) is 4.67 Å². The largest absolute Gasteiger partial charge is 0.449 e. The predicted octanol–water partition coefficient (Wildman–Crippen LogP) is 3.85. The first kappa shape index (κ1) is 7.19. The van der Waals surface area contributed by atoms with Crippen molar-refractivity contribution >= 4 is 38.5 Å². The van der Waals surface area contributed by atoms with Crippen molar-refractivity contribution in [1.82, 2.24) is 0 Å². The molecule has 0 saturated heterocycles. The third-order valence-corrected chi connectivity index (χ3v) is 2.07. The fourth-order valence-corrected chi connectivity index (χ4v) is 1.58. The Kier molecular flexibility index (Phi) is 1.66. The lowest BCUT2D eigenvalue weighted by Gasteiger charge is -1.87. The topological polar surface area (TPSA) is 13.1 Å². The number of rotatable bonds is 0. The molecule has 11 heavy (non-hydrogen) atoms. The number of halogens is 2. The zero-order valence-corrected chi connectivity index (χ0v) is 7.82. The van der Waals surface area contributed by atoms with E-state index in [-0.39, 0.29) is 0 Å². The maximum atomic E-state index is 5.77. The average molecular weight is 231 g/mol. The molecule has 0 atom stereocenters. The molecular formula is C8H4BrClO. The molecule has 0 aliphatic heterocycles. The third kappa shape index (κ3) is 1.28. The Morgan fingerprint density at radius 3 is 2.91 bits per heavy atom. The van der Waals surface area contributed by atoms with Crippen molar-refractivity contribution in [2.45, 2.75) is 0 Å². The van der Waals surface area contributed by atoms with E-state index < -0.39 is 0 Å². The molecule has 0 N–H and O–H groups in total. The van der Waals surface area contributed by atoms with Crippen LogP contribution in [-0.2, 0) is 0 Å². The summed E-state index contributed by atoms with van der Waals surface area (Å²) in [6.45, 7) is 0. The Hall–Kier alpha value is -0.470. The molecule has 0 amide bonds. The van der Waals surface area contributed by atoms with Crippen LogP contribution in [0, 0.1) is 0 Å². The van der Waals surface area contributed by atoms with Gasteiger partial charge in [0.1, 0.15) is 5.58 Å². The van der Waals surface area contributed by atoms with Crippen LogP contribution in [0.25, 0.3) is 11.0 Å². The standard InChI is InChI=1S/C8H4BrClO/c9-8-4-5-3-6(10)1-2-7(5)11-8/h1-4H. The minimum Gasteiger partial charge on any atom is -0.449 e. The molecule has 0 aliphatic rings. The Balaban J connectivity index is 2.82. The van der Waals surface area contributed by atoms with Crippen LogP contribution in [0.3, 0.4) is 0 Å². The molecule has 56 valence electrons. The van der Waals surface area contributed by atoms with Crippen LogP contribution in [0.2, 0.25) is 5.02 Å². The molecule has 0 fully saturated rings. The van der Waals surface area contributed by atoms with Gasteiger partial charge < -0.3 is 4.42 Å². The van der Waals surface area contributed by atoms with Gasteiger partial charge in [0, 0.05) is 10.4 Å². The quantitative estimate of drug-likeness (QED) is 0.671. The van der Waals surface area contributed by atoms with E-state index >= 15 is 0 Å². The van der Waals surface area contributed by atoms with Crippen LogP contribution in [0.4, 0.5) is 0 Å². The van der Waals surface area contributed by atoms with Crippen LogP contribution in [0.1, 0.15) is 0 Å². The predicted molar refractivity (Wildman–Crippen MR) is 48.9 cm³/mol. The molecule has 1 aromatic carbocycles. The smallest absolute Gasteiger partial charge is 0.170 e. The zero-order valence-electron chi connectivity index (χ0n) is 5.47. The summed E-state index contributed by atoms with van der Waals surface area (Å²) in [4.78, 5) is 0. The van der Waals surface area contributed by atoms with Crippen molar-refractivity contribution in [3.63, 3.8) is 0 Å². The molecular weight excluding hydrogens is 227 g/mol. The Bertz CT molecular complexity index is 394. The van der Waals surface area contributed by atoms with Gasteiger partial charge in [-0.1, -0.05) is 11.6 Å². The first-order chi connectivity index (χ1) is 5.25. The first-order valence-electron chi connectivity index (χ1n) is 3.10. The summed E-state index contributed by atoms with van der Waals surface area (Å²) in [7, 11) is 0. The number of furan rings is 1. The molecule has 2 rings (SSSR count). The van der Waals surface area contributed by atoms with Crippen molar-refractivity contribution < 1.29 is 4.42 Å². The molecule has 2 aromatic rings. The molecule has 0 spiro atoms. The fourth-order valence-electron chi connectivity index (χ4n) is 0.982. The van der Waals surface area contributed by atoms with Crippen molar-refractivity contribution in [3.8, 4) is 0 Å². The van der Waals surface area contributed by atoms with E-state index in [1.165, 1.54) is 0 Å². The van der Waals surface area contributed by atoms with Crippen LogP contribution in [0.5, 0.6) is 0 Å². The molecule has 0 unspecified atom stereocenters. The minimum absolute atomic E-state index is 0.728. The second kappa shape index (κ2) is 2.54. The maximum absolute atomic E-state index is 5.77. The monoisotopic (exact) mass is 230 g/mol. The normalized spacial score (nSPS) is 10.7. The second-order valence-electron chi connectivity index (χ2n) is 2.23. The van der Waals surface area contributed by atoms with E-state index in [1.807, 2.05) is 18.2 Å². The van der Waals surface area contributed by atoms with E-state index in [0.717, 1.165) is 20.7 Å². The fraction of sp³-hybridized carbons (Fsp3) is 0.